The molecule has 1 aromatic carbocycles. The number of fused-ring (bicyclic) bond motifs is 1. The zero-order valence-electron chi connectivity index (χ0n) is 14.4. The Labute approximate surface area is 146 Å². The molecule has 0 saturated carbocycles. The summed E-state index contributed by atoms with van der Waals surface area (Å²) >= 11 is 0. The first-order valence-corrected chi connectivity index (χ1v) is 8.92. The quantitative estimate of drug-likeness (QED) is 0.738. The number of benzene rings is 1. The Morgan fingerprint density at radius 2 is 2.16 bits per heavy atom. The minimum atomic E-state index is 0.418. The van der Waals surface area contributed by atoms with Crippen LogP contribution in [-0.4, -0.2) is 39.2 Å². The van der Waals surface area contributed by atoms with Crippen molar-refractivity contribution in [1.29, 1.82) is 0 Å². The molecule has 1 saturated heterocycles. The number of para-hydroxylation sites is 2. The van der Waals surface area contributed by atoms with Gasteiger partial charge in [0.15, 0.2) is 11.4 Å². The fourth-order valence-electron chi connectivity index (χ4n) is 3.29. The number of rotatable bonds is 6. The first kappa shape index (κ1) is 16.2. The largest absolute Gasteiger partial charge is 0.439 e. The summed E-state index contributed by atoms with van der Waals surface area (Å²) in [5.41, 5.74) is 1.75. The van der Waals surface area contributed by atoms with Crippen molar-refractivity contribution in [2.75, 3.05) is 13.1 Å². The van der Waals surface area contributed by atoms with E-state index < -0.39 is 0 Å². The monoisotopic (exact) mass is 341 g/mol. The van der Waals surface area contributed by atoms with Crippen molar-refractivity contribution in [2.45, 2.75) is 45.3 Å². The third-order valence-corrected chi connectivity index (χ3v) is 4.56. The third-order valence-electron chi connectivity index (χ3n) is 4.56. The number of likely N-dealkylation sites (tertiary alicyclic amines) is 1. The summed E-state index contributed by atoms with van der Waals surface area (Å²) in [6, 6.07) is 8.28. The Morgan fingerprint density at radius 1 is 1.24 bits per heavy atom. The smallest absolute Gasteiger partial charge is 0.226 e. The van der Waals surface area contributed by atoms with E-state index in [-0.39, 0.29) is 0 Å². The van der Waals surface area contributed by atoms with Crippen LogP contribution >= 0.6 is 0 Å². The van der Waals surface area contributed by atoms with Crippen LogP contribution in [0, 0.1) is 0 Å². The highest BCUT2D eigenvalue weighted by Gasteiger charge is 2.21. The molecule has 0 bridgehead atoms. The lowest BCUT2D eigenvalue weighted by atomic mass is 10.1. The standard InChI is InChI=1S/C18H23N5O2/c1-2-17-21-16(22-25-17)12-23-9-5-6-13(11-23)19-10-18-20-14-7-3-4-8-15(14)24-18/h3-4,7-8,13,19H,2,5-6,9-12H2,1H3/t13-/m1/s1. The summed E-state index contributed by atoms with van der Waals surface area (Å²) in [6.45, 7) is 5.44. The fraction of sp³-hybridized carbons (Fsp3) is 0.500. The van der Waals surface area contributed by atoms with Crippen LogP contribution in [0.1, 0.15) is 37.4 Å². The molecule has 1 aliphatic rings. The zero-order valence-corrected chi connectivity index (χ0v) is 14.4. The molecule has 3 aromatic rings. The second kappa shape index (κ2) is 7.33. The highest BCUT2D eigenvalue weighted by Crippen LogP contribution is 2.16. The molecule has 1 aliphatic heterocycles. The molecular formula is C18H23N5O2. The van der Waals surface area contributed by atoms with Crippen LogP contribution in [0.3, 0.4) is 0 Å². The van der Waals surface area contributed by atoms with Gasteiger partial charge in [0, 0.05) is 19.0 Å². The number of hydrogen-bond donors (Lipinski definition) is 1. The zero-order chi connectivity index (χ0) is 17.1. The predicted octanol–water partition coefficient (Wildman–Crippen LogP) is 2.53. The van der Waals surface area contributed by atoms with Gasteiger partial charge in [0.25, 0.3) is 0 Å². The van der Waals surface area contributed by atoms with E-state index in [0.29, 0.717) is 18.5 Å². The van der Waals surface area contributed by atoms with Gasteiger partial charge in [-0.25, -0.2) is 4.98 Å². The van der Waals surface area contributed by atoms with Gasteiger partial charge in [0.1, 0.15) is 5.52 Å². The van der Waals surface area contributed by atoms with Crippen LogP contribution in [0.4, 0.5) is 0 Å². The molecule has 1 fully saturated rings. The first-order chi connectivity index (χ1) is 12.3. The van der Waals surface area contributed by atoms with E-state index in [1.807, 2.05) is 31.2 Å². The third kappa shape index (κ3) is 3.88. The molecule has 1 N–H and O–H groups in total. The Hall–Kier alpha value is -2.25. The van der Waals surface area contributed by atoms with E-state index in [2.05, 4.69) is 25.3 Å². The van der Waals surface area contributed by atoms with Crippen LogP contribution in [0.25, 0.3) is 11.1 Å². The molecule has 0 amide bonds. The Kier molecular flexibility index (Phi) is 4.76. The number of aryl methyl sites for hydroxylation is 1. The SMILES string of the molecule is CCc1nc(CN2CCC[C@@H](NCc3nc4ccccc4o3)C2)no1. The normalized spacial score (nSPS) is 18.8. The van der Waals surface area contributed by atoms with E-state index >= 15 is 0 Å². The molecule has 132 valence electrons. The molecular weight excluding hydrogens is 318 g/mol. The molecule has 0 unspecified atom stereocenters. The van der Waals surface area contributed by atoms with Crippen molar-refractivity contribution in [2.24, 2.45) is 0 Å². The van der Waals surface area contributed by atoms with Crippen LogP contribution in [0.2, 0.25) is 0 Å². The summed E-state index contributed by atoms with van der Waals surface area (Å²) < 4.78 is 11.0. The molecule has 0 aliphatic carbocycles. The van der Waals surface area contributed by atoms with Crippen molar-refractivity contribution in [1.82, 2.24) is 25.3 Å². The minimum absolute atomic E-state index is 0.418. The number of oxazole rings is 1. The molecule has 4 rings (SSSR count). The highest BCUT2D eigenvalue weighted by molar-refractivity contribution is 5.72. The minimum Gasteiger partial charge on any atom is -0.439 e. The molecule has 7 nitrogen and oxygen atoms in total. The van der Waals surface area contributed by atoms with Gasteiger partial charge in [-0.05, 0) is 31.5 Å². The number of hydrogen-bond acceptors (Lipinski definition) is 7. The molecule has 25 heavy (non-hydrogen) atoms. The Morgan fingerprint density at radius 3 is 3.00 bits per heavy atom. The van der Waals surface area contributed by atoms with Crippen molar-refractivity contribution in [3.63, 3.8) is 0 Å². The lowest BCUT2D eigenvalue weighted by molar-refractivity contribution is 0.175. The van der Waals surface area contributed by atoms with E-state index in [9.17, 15) is 0 Å². The van der Waals surface area contributed by atoms with Gasteiger partial charge in [0.2, 0.25) is 11.8 Å². The lowest BCUT2D eigenvalue weighted by Gasteiger charge is -2.32. The topological polar surface area (TPSA) is 80.2 Å². The molecule has 3 heterocycles. The maximum Gasteiger partial charge on any atom is 0.226 e. The predicted molar refractivity (Wildman–Crippen MR) is 92.8 cm³/mol. The second-order valence-electron chi connectivity index (χ2n) is 6.49. The van der Waals surface area contributed by atoms with Crippen molar-refractivity contribution >= 4 is 11.1 Å². The molecule has 0 radical (unpaired) electrons. The fourth-order valence-corrected chi connectivity index (χ4v) is 3.29. The van der Waals surface area contributed by atoms with Gasteiger partial charge in [0.05, 0.1) is 13.1 Å². The van der Waals surface area contributed by atoms with Crippen LogP contribution in [-0.2, 0) is 19.5 Å². The van der Waals surface area contributed by atoms with E-state index in [0.717, 1.165) is 61.7 Å². The maximum absolute atomic E-state index is 5.78. The summed E-state index contributed by atoms with van der Waals surface area (Å²) in [5, 5.41) is 7.62. The number of nitrogens with one attached hydrogen (secondary N) is 1. The number of aromatic nitrogens is 3. The molecule has 1 atom stereocenters. The number of nitrogens with zero attached hydrogens (tertiary/aromatic N) is 4. The van der Waals surface area contributed by atoms with Crippen molar-refractivity contribution in [3.8, 4) is 0 Å². The van der Waals surface area contributed by atoms with Gasteiger partial charge < -0.3 is 14.3 Å². The highest BCUT2D eigenvalue weighted by atomic mass is 16.5. The summed E-state index contributed by atoms with van der Waals surface area (Å²) in [4.78, 5) is 11.3. The average Bonchev–Trinajstić information content (AvgIpc) is 3.26. The Balaban J connectivity index is 1.31. The van der Waals surface area contributed by atoms with E-state index in [4.69, 9.17) is 8.94 Å². The summed E-state index contributed by atoms with van der Waals surface area (Å²) in [7, 11) is 0. The maximum atomic E-state index is 5.78. The molecule has 7 heteroatoms. The van der Waals surface area contributed by atoms with Crippen molar-refractivity contribution < 1.29 is 8.94 Å². The van der Waals surface area contributed by atoms with Crippen molar-refractivity contribution in [3.05, 3.63) is 41.9 Å². The van der Waals surface area contributed by atoms with Gasteiger partial charge in [-0.2, -0.15) is 4.98 Å². The molecule has 2 aromatic heterocycles. The van der Waals surface area contributed by atoms with Crippen LogP contribution in [0.15, 0.2) is 33.2 Å². The Bertz CT molecular complexity index is 795. The van der Waals surface area contributed by atoms with E-state index in [1.165, 1.54) is 0 Å². The summed E-state index contributed by atoms with van der Waals surface area (Å²) in [5.74, 6) is 2.22. The van der Waals surface area contributed by atoms with Crippen LogP contribution in [0.5, 0.6) is 0 Å². The van der Waals surface area contributed by atoms with Gasteiger partial charge >= 0.3 is 0 Å². The van der Waals surface area contributed by atoms with Crippen LogP contribution < -0.4 is 5.32 Å². The average molecular weight is 341 g/mol. The van der Waals surface area contributed by atoms with E-state index in [1.54, 1.807) is 0 Å². The lowest BCUT2D eigenvalue weighted by Crippen LogP contribution is -2.45. The van der Waals surface area contributed by atoms with Gasteiger partial charge in [-0.1, -0.05) is 24.2 Å². The summed E-state index contributed by atoms with van der Waals surface area (Å²) in [6.07, 6.45) is 3.09. The second-order valence-corrected chi connectivity index (χ2v) is 6.49. The first-order valence-electron chi connectivity index (χ1n) is 8.92. The van der Waals surface area contributed by atoms with Gasteiger partial charge in [-0.3, -0.25) is 4.90 Å². The van der Waals surface area contributed by atoms with Gasteiger partial charge in [-0.15, -0.1) is 0 Å². The number of piperidine rings is 1. The molecule has 0 spiro atoms.